The summed E-state index contributed by atoms with van der Waals surface area (Å²) in [6.45, 7) is -0.00314. The Balaban J connectivity index is 1.98. The molecule has 104 valence electrons. The maximum absolute atomic E-state index is 12.3. The molecule has 0 aromatic heterocycles. The van der Waals surface area contributed by atoms with E-state index in [0.717, 1.165) is 15.6 Å². The third-order valence-corrected chi connectivity index (χ3v) is 4.63. The molecule has 2 aliphatic heterocycles. The van der Waals surface area contributed by atoms with Gasteiger partial charge in [0.25, 0.3) is 11.1 Å². The van der Waals surface area contributed by atoms with Crippen molar-refractivity contribution in [3.05, 3.63) is 35.1 Å². The van der Waals surface area contributed by atoms with E-state index in [1.54, 1.807) is 0 Å². The van der Waals surface area contributed by atoms with E-state index in [1.807, 2.05) is 36.2 Å². The highest BCUT2D eigenvalue weighted by atomic mass is 32.2. The molecule has 1 aromatic rings. The zero-order valence-corrected chi connectivity index (χ0v) is 12.3. The van der Waals surface area contributed by atoms with Crippen molar-refractivity contribution in [3.8, 4) is 0 Å². The molecule has 0 saturated carbocycles. The number of hydrogen-bond acceptors (Lipinski definition) is 6. The lowest BCUT2D eigenvalue weighted by atomic mass is 10.3. The smallest absolute Gasteiger partial charge is 0.299 e. The number of hydrogen-bond donors (Lipinski definition) is 1. The maximum atomic E-state index is 12.3. The number of thiocarbonyl (C=S) groups is 1. The minimum atomic E-state index is -0.300. The molecule has 0 spiro atoms. The summed E-state index contributed by atoms with van der Waals surface area (Å²) in [5, 5.41) is 9.78. The van der Waals surface area contributed by atoms with Crippen LogP contribution < -0.4 is 4.90 Å². The number of carbonyl (C=O) groups is 1. The molecule has 0 aliphatic carbocycles. The normalized spacial score (nSPS) is 21.5. The van der Waals surface area contributed by atoms with E-state index >= 15 is 0 Å². The number of nitrogens with zero attached hydrogens (tertiary/aromatic N) is 2. The van der Waals surface area contributed by atoms with Gasteiger partial charge in [-0.25, -0.2) is 0 Å². The Kier molecular flexibility index (Phi) is 3.41. The molecular formula is C13H12N2O3S2. The van der Waals surface area contributed by atoms with Crippen LogP contribution in [0.1, 0.15) is 0 Å². The van der Waals surface area contributed by atoms with Gasteiger partial charge < -0.3 is 14.7 Å². The van der Waals surface area contributed by atoms with Crippen molar-refractivity contribution in [2.24, 2.45) is 0 Å². The van der Waals surface area contributed by atoms with Gasteiger partial charge in [0.1, 0.15) is 5.03 Å². The second-order valence-electron chi connectivity index (χ2n) is 4.31. The van der Waals surface area contributed by atoms with Crippen molar-refractivity contribution in [1.29, 1.82) is 0 Å². The van der Waals surface area contributed by atoms with E-state index in [-0.39, 0.29) is 30.0 Å². The van der Waals surface area contributed by atoms with E-state index in [0.29, 0.717) is 0 Å². The van der Waals surface area contributed by atoms with Crippen LogP contribution in [-0.2, 0) is 9.53 Å². The van der Waals surface area contributed by atoms with Crippen LogP contribution in [0.5, 0.6) is 0 Å². The summed E-state index contributed by atoms with van der Waals surface area (Å²) in [4.78, 5) is 16.6. The average Bonchev–Trinajstić information content (AvgIpc) is 2.92. The number of thioether (sulfide) groups is 1. The highest BCUT2D eigenvalue weighted by molar-refractivity contribution is 8.03. The van der Waals surface area contributed by atoms with E-state index in [2.05, 4.69) is 0 Å². The van der Waals surface area contributed by atoms with Crippen LogP contribution >= 0.6 is 24.0 Å². The zero-order valence-electron chi connectivity index (χ0n) is 10.7. The summed E-state index contributed by atoms with van der Waals surface area (Å²) in [5.74, 6) is -0.0710. The average molecular weight is 308 g/mol. The fourth-order valence-electron chi connectivity index (χ4n) is 2.12. The monoisotopic (exact) mass is 308 g/mol. The number of para-hydroxylation sites is 1. The molecule has 7 heteroatoms. The van der Waals surface area contributed by atoms with Crippen LogP contribution in [0.4, 0.5) is 5.69 Å². The Labute approximate surface area is 125 Å². The summed E-state index contributed by atoms with van der Waals surface area (Å²) < 4.78 is 5.44. The van der Waals surface area contributed by atoms with Crippen LogP contribution in [-0.4, -0.2) is 41.3 Å². The largest absolute Gasteiger partial charge is 0.423 e. The number of carbonyl (C=O) groups excluding carboxylic acids is 1. The minimum absolute atomic E-state index is 0.0940. The number of aliphatic hydroxyl groups excluding tert-OH is 1. The molecule has 1 fully saturated rings. The van der Waals surface area contributed by atoms with Crippen molar-refractivity contribution in [2.45, 2.75) is 4.90 Å². The summed E-state index contributed by atoms with van der Waals surface area (Å²) in [7, 11) is 1.88. The maximum Gasteiger partial charge on any atom is 0.299 e. The lowest BCUT2D eigenvalue weighted by Crippen LogP contribution is -2.31. The SMILES string of the molecule is CN1C(=C2OC(=S)N(CCO)C2=O)Sc2ccccc21. The van der Waals surface area contributed by atoms with Crippen molar-refractivity contribution < 1.29 is 14.6 Å². The molecule has 0 radical (unpaired) electrons. The number of β-amino-alcohol motifs (C(OH)–C–C–N with tert-alkyl or cyclic N) is 1. The van der Waals surface area contributed by atoms with Gasteiger partial charge >= 0.3 is 0 Å². The molecule has 1 saturated heterocycles. The van der Waals surface area contributed by atoms with Crippen molar-refractivity contribution in [3.63, 3.8) is 0 Å². The van der Waals surface area contributed by atoms with Crippen LogP contribution in [0.2, 0.25) is 0 Å². The second-order valence-corrected chi connectivity index (χ2v) is 5.69. The Bertz CT molecular complexity index is 630. The number of benzene rings is 1. The molecule has 2 heterocycles. The Morgan fingerprint density at radius 1 is 1.40 bits per heavy atom. The first-order valence-corrected chi connectivity index (χ1v) is 7.25. The third-order valence-electron chi connectivity index (χ3n) is 3.10. The van der Waals surface area contributed by atoms with E-state index < -0.39 is 0 Å². The van der Waals surface area contributed by atoms with Crippen molar-refractivity contribution in [2.75, 3.05) is 25.1 Å². The third kappa shape index (κ3) is 1.98. The van der Waals surface area contributed by atoms with Crippen molar-refractivity contribution >= 4 is 40.7 Å². The van der Waals surface area contributed by atoms with Gasteiger partial charge in [0.2, 0.25) is 5.76 Å². The zero-order chi connectivity index (χ0) is 14.3. The van der Waals surface area contributed by atoms with Crippen LogP contribution in [0.3, 0.4) is 0 Å². The number of anilines is 1. The lowest BCUT2D eigenvalue weighted by Gasteiger charge is -2.14. The fraction of sp³-hybridized carbons (Fsp3) is 0.231. The Hall–Kier alpha value is -1.57. The predicted octanol–water partition coefficient (Wildman–Crippen LogP) is 1.53. The quantitative estimate of drug-likeness (QED) is 0.660. The highest BCUT2D eigenvalue weighted by Crippen LogP contribution is 2.47. The predicted molar refractivity (Wildman–Crippen MR) is 80.2 cm³/mol. The molecule has 20 heavy (non-hydrogen) atoms. The summed E-state index contributed by atoms with van der Waals surface area (Å²) >= 11 is 6.51. The van der Waals surface area contributed by atoms with Gasteiger partial charge in [-0.05, 0) is 24.4 Å². The first-order chi connectivity index (χ1) is 9.63. The number of amides is 1. The molecule has 0 atom stereocenters. The van der Waals surface area contributed by atoms with Crippen LogP contribution in [0, 0.1) is 0 Å². The van der Waals surface area contributed by atoms with Gasteiger partial charge in [0.15, 0.2) is 0 Å². The van der Waals surface area contributed by atoms with Crippen molar-refractivity contribution in [1.82, 2.24) is 4.90 Å². The highest BCUT2D eigenvalue weighted by Gasteiger charge is 2.39. The molecule has 1 N–H and O–H groups in total. The Morgan fingerprint density at radius 2 is 2.15 bits per heavy atom. The van der Waals surface area contributed by atoms with E-state index in [1.165, 1.54) is 16.7 Å². The summed E-state index contributed by atoms with van der Waals surface area (Å²) in [6, 6.07) is 7.88. The number of aliphatic hydroxyl groups is 1. The molecule has 1 aromatic carbocycles. The van der Waals surface area contributed by atoms with E-state index in [9.17, 15) is 4.79 Å². The fourth-order valence-corrected chi connectivity index (χ4v) is 3.50. The van der Waals surface area contributed by atoms with Gasteiger partial charge in [-0.3, -0.25) is 9.69 Å². The molecule has 0 unspecified atom stereocenters. The molecule has 2 aliphatic rings. The second kappa shape index (κ2) is 5.08. The first kappa shape index (κ1) is 13.4. The topological polar surface area (TPSA) is 53.0 Å². The van der Waals surface area contributed by atoms with Gasteiger partial charge in [-0.2, -0.15) is 0 Å². The Morgan fingerprint density at radius 3 is 2.85 bits per heavy atom. The van der Waals surface area contributed by atoms with E-state index in [4.69, 9.17) is 22.1 Å². The molecule has 3 rings (SSSR count). The van der Waals surface area contributed by atoms with Crippen LogP contribution in [0.15, 0.2) is 39.9 Å². The first-order valence-electron chi connectivity index (χ1n) is 6.03. The molecule has 0 bridgehead atoms. The molecule has 5 nitrogen and oxygen atoms in total. The molecule has 1 amide bonds. The lowest BCUT2D eigenvalue weighted by molar-refractivity contribution is -0.123. The van der Waals surface area contributed by atoms with Gasteiger partial charge in [0, 0.05) is 11.9 Å². The van der Waals surface area contributed by atoms with Gasteiger partial charge in [-0.15, -0.1) is 0 Å². The summed E-state index contributed by atoms with van der Waals surface area (Å²) in [5.41, 5.74) is 1.03. The number of ether oxygens (including phenoxy) is 1. The summed E-state index contributed by atoms with van der Waals surface area (Å²) in [6.07, 6.45) is 0. The van der Waals surface area contributed by atoms with Crippen LogP contribution in [0.25, 0.3) is 0 Å². The minimum Gasteiger partial charge on any atom is -0.423 e. The number of rotatable bonds is 2. The van der Waals surface area contributed by atoms with Gasteiger partial charge in [-0.1, -0.05) is 23.9 Å². The van der Waals surface area contributed by atoms with Gasteiger partial charge in [0.05, 0.1) is 18.8 Å². The standard InChI is InChI=1S/C13H12N2O3S2/c1-14-8-4-2-3-5-9(8)20-12(14)10-11(17)15(6-7-16)13(19)18-10/h2-5,16H,6-7H2,1H3. The number of fused-ring (bicyclic) bond motifs is 1. The molecular weight excluding hydrogens is 296 g/mol.